The van der Waals surface area contributed by atoms with Gasteiger partial charge in [-0.1, -0.05) is 18.2 Å². The van der Waals surface area contributed by atoms with Crippen molar-refractivity contribution in [2.45, 2.75) is 12.8 Å². The summed E-state index contributed by atoms with van der Waals surface area (Å²) >= 11 is 0. The highest BCUT2D eigenvalue weighted by molar-refractivity contribution is 14.0. The second-order valence-corrected chi connectivity index (χ2v) is 5.18. The minimum Gasteiger partial charge on any atom is -0.370 e. The van der Waals surface area contributed by atoms with Gasteiger partial charge in [0, 0.05) is 38.4 Å². The molecule has 0 atom stereocenters. The molecule has 0 spiro atoms. The monoisotopic (exact) mass is 403 g/mol. The standard InChI is InChI=1S/C15H25N5.HI/c16-15(17)18-8-4-5-9-19-10-12-20(13-11-19)14-6-2-1-3-7-14;/h1-3,6-7H,4-5,8-13H2,(H4,16,17,18);1H. The van der Waals surface area contributed by atoms with Crippen molar-refractivity contribution in [3.05, 3.63) is 30.3 Å². The van der Waals surface area contributed by atoms with Gasteiger partial charge in [-0.05, 0) is 31.5 Å². The Morgan fingerprint density at radius 2 is 1.67 bits per heavy atom. The zero-order valence-corrected chi connectivity index (χ0v) is 14.8. The third-order valence-electron chi connectivity index (χ3n) is 3.67. The molecule has 1 aliphatic heterocycles. The molecule has 6 heteroatoms. The number of benzene rings is 1. The Hall–Kier alpha value is -1.02. The molecule has 5 nitrogen and oxygen atoms in total. The van der Waals surface area contributed by atoms with E-state index in [0.717, 1.165) is 52.1 Å². The summed E-state index contributed by atoms with van der Waals surface area (Å²) in [6, 6.07) is 10.6. The predicted octanol–water partition coefficient (Wildman–Crippen LogP) is 1.48. The maximum Gasteiger partial charge on any atom is 0.185 e. The number of nitrogens with two attached hydrogens (primary N) is 2. The van der Waals surface area contributed by atoms with Gasteiger partial charge in [-0.3, -0.25) is 9.89 Å². The van der Waals surface area contributed by atoms with Gasteiger partial charge >= 0.3 is 0 Å². The number of anilines is 1. The second kappa shape index (κ2) is 9.83. The number of para-hydroxylation sites is 1. The number of guanidine groups is 1. The lowest BCUT2D eigenvalue weighted by Gasteiger charge is -2.36. The summed E-state index contributed by atoms with van der Waals surface area (Å²) in [6.45, 7) is 6.37. The van der Waals surface area contributed by atoms with Gasteiger partial charge in [-0.2, -0.15) is 0 Å². The highest BCUT2D eigenvalue weighted by Crippen LogP contribution is 2.15. The number of hydrogen-bond acceptors (Lipinski definition) is 3. The summed E-state index contributed by atoms with van der Waals surface area (Å²) in [4.78, 5) is 8.98. The van der Waals surface area contributed by atoms with Crippen molar-refractivity contribution in [3.63, 3.8) is 0 Å². The molecule has 4 N–H and O–H groups in total. The molecule has 0 aliphatic carbocycles. The van der Waals surface area contributed by atoms with Gasteiger partial charge in [0.1, 0.15) is 0 Å². The molecule has 1 aliphatic rings. The Balaban J connectivity index is 0.00000220. The Morgan fingerprint density at radius 1 is 1.00 bits per heavy atom. The zero-order chi connectivity index (χ0) is 14.2. The van der Waals surface area contributed by atoms with E-state index < -0.39 is 0 Å². The van der Waals surface area contributed by atoms with Crippen molar-refractivity contribution in [1.29, 1.82) is 0 Å². The summed E-state index contributed by atoms with van der Waals surface area (Å²) in [5, 5.41) is 0. The summed E-state index contributed by atoms with van der Waals surface area (Å²) < 4.78 is 0. The number of aliphatic imine (C=N–C) groups is 1. The second-order valence-electron chi connectivity index (χ2n) is 5.18. The van der Waals surface area contributed by atoms with Crippen LogP contribution in [0.25, 0.3) is 0 Å². The molecule has 0 unspecified atom stereocenters. The third kappa shape index (κ3) is 6.52. The van der Waals surface area contributed by atoms with Gasteiger partial charge < -0.3 is 16.4 Å². The molecule has 21 heavy (non-hydrogen) atoms. The van der Waals surface area contributed by atoms with Crippen molar-refractivity contribution in [3.8, 4) is 0 Å². The van der Waals surface area contributed by atoms with E-state index in [4.69, 9.17) is 11.5 Å². The van der Waals surface area contributed by atoms with E-state index in [9.17, 15) is 0 Å². The van der Waals surface area contributed by atoms with Crippen LogP contribution in [0.3, 0.4) is 0 Å². The number of hydrogen-bond donors (Lipinski definition) is 2. The Kier molecular flexibility index (Phi) is 8.44. The van der Waals surface area contributed by atoms with Gasteiger partial charge in [0.15, 0.2) is 5.96 Å². The molecule has 0 radical (unpaired) electrons. The summed E-state index contributed by atoms with van der Waals surface area (Å²) in [5.41, 5.74) is 11.9. The van der Waals surface area contributed by atoms with Crippen molar-refractivity contribution >= 4 is 35.6 Å². The van der Waals surface area contributed by atoms with Gasteiger partial charge in [0.25, 0.3) is 0 Å². The van der Waals surface area contributed by atoms with Crippen molar-refractivity contribution < 1.29 is 0 Å². The molecular weight excluding hydrogens is 377 g/mol. The fraction of sp³-hybridized carbons (Fsp3) is 0.533. The first-order valence-corrected chi connectivity index (χ1v) is 7.33. The first-order chi connectivity index (χ1) is 9.75. The minimum atomic E-state index is 0. The average molecular weight is 403 g/mol. The molecule has 1 aromatic rings. The minimum absolute atomic E-state index is 0. The van der Waals surface area contributed by atoms with Crippen LogP contribution in [-0.4, -0.2) is 50.1 Å². The van der Waals surface area contributed by atoms with Crippen LogP contribution in [0.2, 0.25) is 0 Å². The quantitative estimate of drug-likeness (QED) is 0.327. The Labute approximate surface area is 144 Å². The smallest absolute Gasteiger partial charge is 0.185 e. The molecule has 1 aromatic carbocycles. The molecule has 2 rings (SSSR count). The molecule has 0 aromatic heterocycles. The number of halogens is 1. The molecule has 0 saturated carbocycles. The van der Waals surface area contributed by atoms with Crippen molar-refractivity contribution in [1.82, 2.24) is 4.90 Å². The van der Waals surface area contributed by atoms with Gasteiger partial charge in [-0.25, -0.2) is 0 Å². The summed E-state index contributed by atoms with van der Waals surface area (Å²) in [7, 11) is 0. The number of piperazine rings is 1. The predicted molar refractivity (Wildman–Crippen MR) is 100 cm³/mol. The van der Waals surface area contributed by atoms with E-state index in [-0.39, 0.29) is 29.9 Å². The van der Waals surface area contributed by atoms with Crippen LogP contribution >= 0.6 is 24.0 Å². The number of nitrogens with zero attached hydrogens (tertiary/aromatic N) is 3. The van der Waals surface area contributed by atoms with Crippen LogP contribution in [0, 0.1) is 0 Å². The van der Waals surface area contributed by atoms with E-state index in [1.54, 1.807) is 0 Å². The first-order valence-electron chi connectivity index (χ1n) is 7.33. The molecule has 0 bridgehead atoms. The largest absolute Gasteiger partial charge is 0.370 e. The lowest BCUT2D eigenvalue weighted by Crippen LogP contribution is -2.46. The van der Waals surface area contributed by atoms with Gasteiger partial charge in [-0.15, -0.1) is 24.0 Å². The maximum atomic E-state index is 5.30. The van der Waals surface area contributed by atoms with Crippen molar-refractivity contribution in [2.24, 2.45) is 16.5 Å². The van der Waals surface area contributed by atoms with Crippen LogP contribution in [0.4, 0.5) is 5.69 Å². The van der Waals surface area contributed by atoms with Crippen LogP contribution < -0.4 is 16.4 Å². The van der Waals surface area contributed by atoms with E-state index in [1.807, 2.05) is 0 Å². The highest BCUT2D eigenvalue weighted by Gasteiger charge is 2.16. The van der Waals surface area contributed by atoms with Crippen LogP contribution in [-0.2, 0) is 0 Å². The van der Waals surface area contributed by atoms with Crippen LogP contribution in [0.1, 0.15) is 12.8 Å². The van der Waals surface area contributed by atoms with Gasteiger partial charge in [0.2, 0.25) is 0 Å². The summed E-state index contributed by atoms with van der Waals surface area (Å²) in [5.74, 6) is 0.196. The summed E-state index contributed by atoms with van der Waals surface area (Å²) in [6.07, 6.45) is 2.21. The molecule has 0 amide bonds. The molecule has 1 heterocycles. The molecular formula is C15H26IN5. The fourth-order valence-corrected chi connectivity index (χ4v) is 2.52. The molecule has 1 fully saturated rings. The fourth-order valence-electron chi connectivity index (χ4n) is 2.52. The lowest BCUT2D eigenvalue weighted by molar-refractivity contribution is 0.253. The maximum absolute atomic E-state index is 5.30. The number of unbranched alkanes of at least 4 members (excludes halogenated alkanes) is 1. The van der Waals surface area contributed by atoms with E-state index >= 15 is 0 Å². The first kappa shape index (κ1) is 18.0. The normalized spacial score (nSPS) is 15.3. The SMILES string of the molecule is I.NC(N)=NCCCCN1CCN(c2ccccc2)CC1. The lowest BCUT2D eigenvalue weighted by atomic mass is 10.2. The third-order valence-corrected chi connectivity index (χ3v) is 3.67. The highest BCUT2D eigenvalue weighted by atomic mass is 127. The van der Waals surface area contributed by atoms with E-state index in [0.29, 0.717) is 0 Å². The Morgan fingerprint density at radius 3 is 2.29 bits per heavy atom. The van der Waals surface area contributed by atoms with Crippen LogP contribution in [0.15, 0.2) is 35.3 Å². The Bertz CT molecular complexity index is 411. The van der Waals surface area contributed by atoms with E-state index in [1.165, 1.54) is 5.69 Å². The molecule has 1 saturated heterocycles. The molecule has 118 valence electrons. The van der Waals surface area contributed by atoms with Gasteiger partial charge in [0.05, 0.1) is 0 Å². The van der Waals surface area contributed by atoms with Crippen molar-refractivity contribution in [2.75, 3.05) is 44.2 Å². The van der Waals surface area contributed by atoms with E-state index in [2.05, 4.69) is 45.1 Å². The average Bonchev–Trinajstić information content (AvgIpc) is 2.48. The number of rotatable bonds is 6. The zero-order valence-electron chi connectivity index (χ0n) is 12.4. The topological polar surface area (TPSA) is 70.9 Å². The van der Waals surface area contributed by atoms with Crippen LogP contribution in [0.5, 0.6) is 0 Å².